The number of rotatable bonds is 13. The number of fused-ring (bicyclic) bond motifs is 1. The molecule has 244 valence electrons. The number of nitrogens with zero attached hydrogens (tertiary/aromatic N) is 2. The summed E-state index contributed by atoms with van der Waals surface area (Å²) in [6.45, 7) is 4.21. The molecule has 0 unspecified atom stereocenters. The lowest BCUT2D eigenvalue weighted by Gasteiger charge is -2.19. The number of aromatic nitrogens is 1. The Morgan fingerprint density at radius 2 is 1.70 bits per heavy atom. The predicted octanol–water partition coefficient (Wildman–Crippen LogP) is 6.46. The molecule has 1 atom stereocenters. The van der Waals surface area contributed by atoms with Crippen LogP contribution >= 0.6 is 23.2 Å². The van der Waals surface area contributed by atoms with Gasteiger partial charge in [-0.2, -0.15) is 0 Å². The third-order valence-corrected chi connectivity index (χ3v) is 8.89. The number of hydrogen-bond donors (Lipinski definition) is 4. The van der Waals surface area contributed by atoms with Gasteiger partial charge in [-0.25, -0.2) is 13.6 Å². The zero-order valence-electron chi connectivity index (χ0n) is 25.4. The Morgan fingerprint density at radius 3 is 2.41 bits per heavy atom. The van der Waals surface area contributed by atoms with Gasteiger partial charge in [-0.1, -0.05) is 41.4 Å². The normalized spacial score (nSPS) is 14.0. The first-order valence-corrected chi connectivity index (χ1v) is 16.2. The number of benzene rings is 3. The average Bonchev–Trinajstić information content (AvgIpc) is 3.66. The maximum atomic E-state index is 13.9. The predicted molar refractivity (Wildman–Crippen MR) is 179 cm³/mol. The smallest absolute Gasteiger partial charge is 0.319 e. The van der Waals surface area contributed by atoms with Gasteiger partial charge in [0, 0.05) is 52.4 Å². The monoisotopic (exact) mass is 670 g/mol. The molecule has 2 heterocycles. The molecule has 46 heavy (non-hydrogen) atoms. The van der Waals surface area contributed by atoms with Crippen molar-refractivity contribution in [1.29, 1.82) is 0 Å². The SMILES string of the molecule is NCCCCNC(=O)[C@H](Cc1ccc(F)c(F)c1)NC(=O)Nc1ccc2c(CN3CCCC3)cn(Cc3c(Cl)cccc3Cl)c2c1. The molecule has 1 aliphatic rings. The topological polar surface area (TPSA) is 104 Å². The highest BCUT2D eigenvalue weighted by Gasteiger charge is 2.23. The van der Waals surface area contributed by atoms with E-state index in [-0.39, 0.29) is 6.42 Å². The van der Waals surface area contributed by atoms with E-state index in [1.54, 1.807) is 0 Å². The largest absolute Gasteiger partial charge is 0.354 e. The first-order chi connectivity index (χ1) is 22.2. The summed E-state index contributed by atoms with van der Waals surface area (Å²) in [4.78, 5) is 28.7. The molecule has 1 aliphatic heterocycles. The molecule has 1 aromatic heterocycles. The number of likely N-dealkylation sites (tertiary alicyclic amines) is 1. The number of hydrogen-bond acceptors (Lipinski definition) is 4. The van der Waals surface area contributed by atoms with Crippen molar-refractivity contribution < 1.29 is 18.4 Å². The number of nitrogens with two attached hydrogens (primary N) is 1. The number of unbranched alkanes of at least 4 members (excludes halogenated alkanes) is 1. The molecule has 3 aromatic carbocycles. The van der Waals surface area contributed by atoms with E-state index in [4.69, 9.17) is 28.9 Å². The molecule has 1 fully saturated rings. The fourth-order valence-corrected chi connectivity index (χ4v) is 6.30. The fourth-order valence-electron chi connectivity index (χ4n) is 5.78. The highest BCUT2D eigenvalue weighted by Crippen LogP contribution is 2.31. The Morgan fingerprint density at radius 1 is 0.935 bits per heavy atom. The number of carbonyl (C=O) groups excluding carboxylic acids is 2. The number of anilines is 1. The van der Waals surface area contributed by atoms with Gasteiger partial charge < -0.3 is 26.3 Å². The average molecular weight is 672 g/mol. The quantitative estimate of drug-likeness (QED) is 0.123. The van der Waals surface area contributed by atoms with Crippen LogP contribution in [-0.2, 0) is 24.3 Å². The Bertz CT molecular complexity index is 1670. The molecule has 8 nitrogen and oxygen atoms in total. The van der Waals surface area contributed by atoms with Crippen molar-refractivity contribution in [1.82, 2.24) is 20.1 Å². The number of carbonyl (C=O) groups is 2. The van der Waals surface area contributed by atoms with Crippen LogP contribution in [0.4, 0.5) is 19.3 Å². The van der Waals surface area contributed by atoms with Crippen molar-refractivity contribution >= 4 is 51.7 Å². The summed E-state index contributed by atoms with van der Waals surface area (Å²) < 4.78 is 29.5. The Balaban J connectivity index is 1.37. The number of urea groups is 1. The minimum atomic E-state index is -1.04. The van der Waals surface area contributed by atoms with Gasteiger partial charge in [0.1, 0.15) is 6.04 Å². The van der Waals surface area contributed by atoms with Crippen molar-refractivity contribution in [3.63, 3.8) is 0 Å². The standard InChI is InChI=1S/C34H38Cl2F2N6O2/c35-27-6-5-7-28(36)26(27)21-44-20-23(19-43-14-3-4-15-43)25-10-9-24(18-32(25)44)41-34(46)42-31(33(45)40-13-2-1-12-39)17-22-8-11-29(37)30(38)16-22/h5-11,16,18,20,31H,1-4,12-15,17,19,21,39H2,(H,40,45)(H2,41,42,46)/t31-/m0/s1. The molecular formula is C34H38Cl2F2N6O2. The van der Waals surface area contributed by atoms with Crippen LogP contribution in [0.25, 0.3) is 10.9 Å². The highest BCUT2D eigenvalue weighted by atomic mass is 35.5. The molecule has 0 spiro atoms. The molecule has 4 aromatic rings. The molecule has 3 amide bonds. The first-order valence-electron chi connectivity index (χ1n) is 15.5. The molecular weight excluding hydrogens is 633 g/mol. The number of halogens is 4. The maximum absolute atomic E-state index is 13.9. The van der Waals surface area contributed by atoms with Crippen molar-refractivity contribution in [2.45, 2.75) is 51.2 Å². The van der Waals surface area contributed by atoms with E-state index in [1.165, 1.54) is 18.9 Å². The summed E-state index contributed by atoms with van der Waals surface area (Å²) in [5.41, 5.74) is 9.27. The van der Waals surface area contributed by atoms with E-state index in [0.29, 0.717) is 47.4 Å². The van der Waals surface area contributed by atoms with Gasteiger partial charge in [-0.3, -0.25) is 9.69 Å². The van der Waals surface area contributed by atoms with E-state index in [9.17, 15) is 18.4 Å². The van der Waals surface area contributed by atoms with Gasteiger partial charge in [0.25, 0.3) is 0 Å². The Labute approximate surface area is 277 Å². The summed E-state index contributed by atoms with van der Waals surface area (Å²) >= 11 is 13.0. The molecule has 12 heteroatoms. The van der Waals surface area contributed by atoms with Crippen LogP contribution in [0, 0.1) is 11.6 Å². The summed E-state index contributed by atoms with van der Waals surface area (Å²) in [5.74, 6) is -2.45. The fraction of sp³-hybridized carbons (Fsp3) is 0.353. The summed E-state index contributed by atoms with van der Waals surface area (Å²) in [6.07, 6.45) is 5.84. The zero-order chi connectivity index (χ0) is 32.6. The molecule has 0 saturated carbocycles. The van der Waals surface area contributed by atoms with Gasteiger partial charge in [0.2, 0.25) is 5.91 Å². The summed E-state index contributed by atoms with van der Waals surface area (Å²) in [7, 11) is 0. The Kier molecular flexibility index (Phi) is 11.5. The minimum Gasteiger partial charge on any atom is -0.354 e. The number of amides is 3. The van der Waals surface area contributed by atoms with E-state index in [1.807, 2.05) is 36.4 Å². The Hall–Kier alpha value is -3.70. The van der Waals surface area contributed by atoms with Crippen LogP contribution in [0.1, 0.15) is 42.4 Å². The van der Waals surface area contributed by atoms with Gasteiger partial charge in [0.05, 0.1) is 12.1 Å². The molecule has 0 radical (unpaired) electrons. The second-order valence-electron chi connectivity index (χ2n) is 11.6. The van der Waals surface area contributed by atoms with Gasteiger partial charge >= 0.3 is 6.03 Å². The lowest BCUT2D eigenvalue weighted by atomic mass is 10.0. The molecule has 0 aliphatic carbocycles. The molecule has 1 saturated heterocycles. The van der Waals surface area contributed by atoms with Crippen molar-refractivity contribution in [3.05, 3.63) is 99.2 Å². The van der Waals surface area contributed by atoms with Gasteiger partial charge in [-0.05, 0) is 92.8 Å². The molecule has 0 bridgehead atoms. The number of nitrogens with one attached hydrogen (secondary N) is 3. The van der Waals surface area contributed by atoms with Crippen LogP contribution in [-0.4, -0.2) is 53.6 Å². The van der Waals surface area contributed by atoms with E-state index in [0.717, 1.165) is 60.2 Å². The second-order valence-corrected chi connectivity index (χ2v) is 12.4. The lowest BCUT2D eigenvalue weighted by molar-refractivity contribution is -0.122. The second kappa shape index (κ2) is 15.7. The lowest BCUT2D eigenvalue weighted by Crippen LogP contribution is -2.49. The van der Waals surface area contributed by atoms with Crippen molar-refractivity contribution in [3.8, 4) is 0 Å². The van der Waals surface area contributed by atoms with Crippen LogP contribution in [0.3, 0.4) is 0 Å². The van der Waals surface area contributed by atoms with Crippen molar-refractivity contribution in [2.75, 3.05) is 31.5 Å². The van der Waals surface area contributed by atoms with Crippen molar-refractivity contribution in [2.24, 2.45) is 5.73 Å². The van der Waals surface area contributed by atoms with Gasteiger partial charge in [0.15, 0.2) is 11.6 Å². The minimum absolute atomic E-state index is 0.0340. The maximum Gasteiger partial charge on any atom is 0.319 e. The van der Waals surface area contributed by atoms with E-state index >= 15 is 0 Å². The van der Waals surface area contributed by atoms with Crippen LogP contribution in [0.5, 0.6) is 0 Å². The van der Waals surface area contributed by atoms with Crippen LogP contribution in [0.15, 0.2) is 60.8 Å². The van der Waals surface area contributed by atoms with E-state index < -0.39 is 29.6 Å². The first kappa shape index (κ1) is 33.7. The summed E-state index contributed by atoms with van der Waals surface area (Å²) in [6, 6.07) is 12.9. The van der Waals surface area contributed by atoms with Gasteiger partial charge in [-0.15, -0.1) is 0 Å². The van der Waals surface area contributed by atoms with Crippen LogP contribution in [0.2, 0.25) is 10.0 Å². The molecule has 5 rings (SSSR count). The molecule has 5 N–H and O–H groups in total. The van der Waals surface area contributed by atoms with Crippen LogP contribution < -0.4 is 21.7 Å². The van der Waals surface area contributed by atoms with E-state index in [2.05, 4.69) is 31.6 Å². The third-order valence-electron chi connectivity index (χ3n) is 8.18. The summed E-state index contributed by atoms with van der Waals surface area (Å²) in [5, 5.41) is 10.5. The highest BCUT2D eigenvalue weighted by molar-refractivity contribution is 6.36. The zero-order valence-corrected chi connectivity index (χ0v) is 26.9. The third kappa shape index (κ3) is 8.55.